The summed E-state index contributed by atoms with van der Waals surface area (Å²) in [5.74, 6) is -1.25. The third-order valence-electron chi connectivity index (χ3n) is 3.07. The highest BCUT2D eigenvalue weighted by Gasteiger charge is 2.19. The first-order valence-electron chi connectivity index (χ1n) is 7.27. The molecule has 22 heavy (non-hydrogen) atoms. The van der Waals surface area contributed by atoms with Gasteiger partial charge in [0.2, 0.25) is 5.91 Å². The molecule has 0 aliphatic carbocycles. The number of amides is 1. The van der Waals surface area contributed by atoms with Gasteiger partial charge in [-0.2, -0.15) is 0 Å². The first kappa shape index (κ1) is 18.5. The molecular formula is C16H22FNO3S. The molecule has 0 aliphatic rings. The fourth-order valence-electron chi connectivity index (χ4n) is 1.98. The predicted molar refractivity (Wildman–Crippen MR) is 85.3 cm³/mol. The molecular weight excluding hydrogens is 305 g/mol. The Labute approximate surface area is 134 Å². The molecule has 0 fully saturated rings. The van der Waals surface area contributed by atoms with E-state index in [4.69, 9.17) is 5.11 Å². The van der Waals surface area contributed by atoms with Crippen molar-refractivity contribution >= 4 is 23.6 Å². The van der Waals surface area contributed by atoms with Crippen LogP contribution in [0.3, 0.4) is 0 Å². The molecule has 0 saturated carbocycles. The van der Waals surface area contributed by atoms with Gasteiger partial charge in [0, 0.05) is 23.6 Å². The minimum Gasteiger partial charge on any atom is -0.481 e. The summed E-state index contributed by atoms with van der Waals surface area (Å²) >= 11 is 1.27. The number of aliphatic carboxylic acids is 1. The molecule has 6 heteroatoms. The first-order valence-corrected chi connectivity index (χ1v) is 8.25. The van der Waals surface area contributed by atoms with Crippen LogP contribution >= 0.6 is 11.8 Å². The van der Waals surface area contributed by atoms with E-state index in [1.54, 1.807) is 18.2 Å². The average molecular weight is 327 g/mol. The molecule has 1 rings (SSSR count). The van der Waals surface area contributed by atoms with E-state index < -0.39 is 11.9 Å². The SMILES string of the molecule is CC(C)CC(CNC(=O)CCSc1ccccc1F)C(=O)O. The smallest absolute Gasteiger partial charge is 0.308 e. The number of nitrogens with one attached hydrogen (secondary N) is 1. The van der Waals surface area contributed by atoms with Gasteiger partial charge >= 0.3 is 5.97 Å². The van der Waals surface area contributed by atoms with Gasteiger partial charge in [-0.05, 0) is 24.5 Å². The molecule has 4 nitrogen and oxygen atoms in total. The number of rotatable bonds is 9. The fraction of sp³-hybridized carbons (Fsp3) is 0.500. The second-order valence-corrected chi connectivity index (χ2v) is 6.63. The van der Waals surface area contributed by atoms with Crippen LogP contribution in [-0.2, 0) is 9.59 Å². The third kappa shape index (κ3) is 6.93. The van der Waals surface area contributed by atoms with Crippen molar-refractivity contribution in [3.63, 3.8) is 0 Å². The highest BCUT2D eigenvalue weighted by atomic mass is 32.2. The van der Waals surface area contributed by atoms with Gasteiger partial charge in [0.05, 0.1) is 5.92 Å². The molecule has 0 bridgehead atoms. The fourth-order valence-corrected chi connectivity index (χ4v) is 2.87. The van der Waals surface area contributed by atoms with Gasteiger partial charge in [0.25, 0.3) is 0 Å². The Bertz CT molecular complexity index is 508. The zero-order chi connectivity index (χ0) is 16.5. The zero-order valence-corrected chi connectivity index (χ0v) is 13.7. The Kier molecular flexibility index (Phi) is 7.95. The Morgan fingerprint density at radius 3 is 2.59 bits per heavy atom. The molecule has 0 aliphatic heterocycles. The Hall–Kier alpha value is -1.56. The quantitative estimate of drug-likeness (QED) is 0.684. The van der Waals surface area contributed by atoms with Gasteiger partial charge in [0.1, 0.15) is 5.82 Å². The van der Waals surface area contributed by atoms with Crippen LogP contribution in [0.1, 0.15) is 26.7 Å². The van der Waals surface area contributed by atoms with E-state index in [2.05, 4.69) is 5.32 Å². The molecule has 0 heterocycles. The van der Waals surface area contributed by atoms with E-state index in [0.717, 1.165) is 0 Å². The molecule has 0 saturated heterocycles. The molecule has 1 unspecified atom stereocenters. The second-order valence-electron chi connectivity index (χ2n) is 5.50. The standard InChI is InChI=1S/C16H22FNO3S/c1-11(2)9-12(16(20)21)10-18-15(19)7-8-22-14-6-4-3-5-13(14)17/h3-6,11-12H,7-10H2,1-2H3,(H,18,19)(H,20,21). The second kappa shape index (κ2) is 9.46. The predicted octanol–water partition coefficient (Wildman–Crippen LogP) is 3.17. The average Bonchev–Trinajstić information content (AvgIpc) is 2.45. The van der Waals surface area contributed by atoms with Crippen molar-refractivity contribution in [3.8, 4) is 0 Å². The highest BCUT2D eigenvalue weighted by Crippen LogP contribution is 2.21. The summed E-state index contributed by atoms with van der Waals surface area (Å²) in [7, 11) is 0. The van der Waals surface area contributed by atoms with Crippen LogP contribution in [-0.4, -0.2) is 29.3 Å². The van der Waals surface area contributed by atoms with E-state index in [9.17, 15) is 14.0 Å². The van der Waals surface area contributed by atoms with Gasteiger partial charge in [-0.1, -0.05) is 26.0 Å². The lowest BCUT2D eigenvalue weighted by atomic mass is 9.97. The molecule has 1 amide bonds. The van der Waals surface area contributed by atoms with E-state index in [1.807, 2.05) is 13.8 Å². The molecule has 0 aromatic heterocycles. The normalized spacial score (nSPS) is 12.2. The largest absolute Gasteiger partial charge is 0.481 e. The molecule has 1 aromatic rings. The number of hydrogen-bond acceptors (Lipinski definition) is 3. The van der Waals surface area contributed by atoms with Crippen molar-refractivity contribution in [1.29, 1.82) is 0 Å². The number of carboxylic acids is 1. The number of benzene rings is 1. The maximum atomic E-state index is 13.4. The summed E-state index contributed by atoms with van der Waals surface area (Å²) in [6.07, 6.45) is 0.757. The van der Waals surface area contributed by atoms with E-state index in [1.165, 1.54) is 17.8 Å². The molecule has 2 N–H and O–H groups in total. The van der Waals surface area contributed by atoms with Gasteiger partial charge in [-0.15, -0.1) is 11.8 Å². The lowest BCUT2D eigenvalue weighted by Crippen LogP contribution is -2.33. The number of carboxylic acid groups (broad SMARTS) is 1. The molecule has 122 valence electrons. The van der Waals surface area contributed by atoms with Crippen LogP contribution < -0.4 is 5.32 Å². The van der Waals surface area contributed by atoms with E-state index >= 15 is 0 Å². The van der Waals surface area contributed by atoms with Crippen LogP contribution in [0.2, 0.25) is 0 Å². The molecule has 1 atom stereocenters. The number of thioether (sulfide) groups is 1. The third-order valence-corrected chi connectivity index (χ3v) is 4.12. The van der Waals surface area contributed by atoms with Crippen molar-refractivity contribution in [1.82, 2.24) is 5.32 Å². The minimum absolute atomic E-state index is 0.136. The molecule has 1 aromatic carbocycles. The van der Waals surface area contributed by atoms with Crippen molar-refractivity contribution in [2.45, 2.75) is 31.6 Å². The molecule has 0 spiro atoms. The highest BCUT2D eigenvalue weighted by molar-refractivity contribution is 7.99. The first-order chi connectivity index (χ1) is 10.4. The monoisotopic (exact) mass is 327 g/mol. The summed E-state index contributed by atoms with van der Waals surface area (Å²) in [4.78, 5) is 23.3. The van der Waals surface area contributed by atoms with Crippen molar-refractivity contribution in [3.05, 3.63) is 30.1 Å². The summed E-state index contributed by atoms with van der Waals surface area (Å²) < 4.78 is 13.4. The van der Waals surface area contributed by atoms with Crippen LogP contribution in [0.5, 0.6) is 0 Å². The number of hydrogen-bond donors (Lipinski definition) is 2. The lowest BCUT2D eigenvalue weighted by Gasteiger charge is -2.15. The summed E-state index contributed by atoms with van der Waals surface area (Å²) in [6, 6.07) is 6.41. The number of carbonyl (C=O) groups is 2. The summed E-state index contributed by atoms with van der Waals surface area (Å²) in [5, 5.41) is 11.7. The lowest BCUT2D eigenvalue weighted by molar-refractivity contribution is -0.142. The van der Waals surface area contributed by atoms with Gasteiger partial charge in [-0.3, -0.25) is 9.59 Å². The Morgan fingerprint density at radius 2 is 2.00 bits per heavy atom. The summed E-state index contributed by atoms with van der Waals surface area (Å²) in [6.45, 7) is 4.03. The number of carbonyl (C=O) groups excluding carboxylic acids is 1. The van der Waals surface area contributed by atoms with Crippen LogP contribution in [0.4, 0.5) is 4.39 Å². The van der Waals surface area contributed by atoms with Crippen molar-refractivity contribution < 1.29 is 19.1 Å². The van der Waals surface area contributed by atoms with E-state index in [-0.39, 0.29) is 30.6 Å². The van der Waals surface area contributed by atoms with Crippen LogP contribution in [0, 0.1) is 17.7 Å². The van der Waals surface area contributed by atoms with Crippen molar-refractivity contribution in [2.75, 3.05) is 12.3 Å². The maximum absolute atomic E-state index is 13.4. The Morgan fingerprint density at radius 1 is 1.32 bits per heavy atom. The summed E-state index contributed by atoms with van der Waals surface area (Å²) in [5.41, 5.74) is 0. The van der Waals surface area contributed by atoms with Gasteiger partial charge in [-0.25, -0.2) is 4.39 Å². The van der Waals surface area contributed by atoms with Gasteiger partial charge in [0.15, 0.2) is 0 Å². The van der Waals surface area contributed by atoms with Crippen molar-refractivity contribution in [2.24, 2.45) is 11.8 Å². The van der Waals surface area contributed by atoms with Crippen LogP contribution in [0.25, 0.3) is 0 Å². The maximum Gasteiger partial charge on any atom is 0.308 e. The topological polar surface area (TPSA) is 66.4 Å². The Balaban J connectivity index is 2.31. The minimum atomic E-state index is -0.894. The molecule has 0 radical (unpaired) electrons. The number of halogens is 1. The van der Waals surface area contributed by atoms with E-state index in [0.29, 0.717) is 17.1 Å². The zero-order valence-electron chi connectivity index (χ0n) is 12.8. The van der Waals surface area contributed by atoms with Gasteiger partial charge < -0.3 is 10.4 Å². The van der Waals surface area contributed by atoms with Crippen LogP contribution in [0.15, 0.2) is 29.2 Å².